The Balaban J connectivity index is 1.17. The summed E-state index contributed by atoms with van der Waals surface area (Å²) in [5.74, 6) is 2.42. The second kappa shape index (κ2) is 16.1. The van der Waals surface area contributed by atoms with Gasteiger partial charge in [0.25, 0.3) is 0 Å². The second-order valence-corrected chi connectivity index (χ2v) is 21.3. The summed E-state index contributed by atoms with van der Waals surface area (Å²) in [5, 5.41) is 6.28. The van der Waals surface area contributed by atoms with Crippen LogP contribution < -0.4 is 15.0 Å². The number of ether oxygens (including phenoxy) is 1. The maximum absolute atomic E-state index is 6.77. The van der Waals surface area contributed by atoms with Gasteiger partial charge in [-0.15, -0.1) is 0 Å². The van der Waals surface area contributed by atoms with Gasteiger partial charge in [-0.2, -0.15) is 0 Å². The maximum Gasteiger partial charge on any atom is 0.137 e. The van der Waals surface area contributed by atoms with Crippen molar-refractivity contribution in [2.75, 3.05) is 17.3 Å². The third-order valence-corrected chi connectivity index (χ3v) is 12.3. The zero-order valence-electron chi connectivity index (χ0n) is 39.6. The van der Waals surface area contributed by atoms with Gasteiger partial charge in [0.2, 0.25) is 0 Å². The molecular weight excluding hydrogens is 769 g/mol. The molecular formula is C58H64N4O. The zero-order chi connectivity index (χ0) is 45.1. The minimum absolute atomic E-state index is 0.0168. The number of aromatic nitrogens is 2. The molecule has 5 nitrogen and oxygen atoms in total. The number of hydrogen-bond acceptors (Lipinski definition) is 4. The van der Waals surface area contributed by atoms with Crippen LogP contribution in [0, 0.1) is 0 Å². The molecule has 63 heavy (non-hydrogen) atoms. The highest BCUT2D eigenvalue weighted by molar-refractivity contribution is 6.09. The van der Waals surface area contributed by atoms with Gasteiger partial charge >= 0.3 is 0 Å². The largest absolute Gasteiger partial charge is 0.457 e. The summed E-state index contributed by atoms with van der Waals surface area (Å²) >= 11 is 0. The van der Waals surface area contributed by atoms with Crippen molar-refractivity contribution in [3.63, 3.8) is 0 Å². The fourth-order valence-electron chi connectivity index (χ4n) is 8.30. The molecule has 8 aromatic rings. The first-order valence-corrected chi connectivity index (χ1v) is 22.3. The Morgan fingerprint density at radius 2 is 1.14 bits per heavy atom. The lowest BCUT2D eigenvalue weighted by Gasteiger charge is -2.28. The molecule has 0 bridgehead atoms. The monoisotopic (exact) mass is 833 g/mol. The lowest BCUT2D eigenvalue weighted by molar-refractivity contribution is 0.483. The minimum Gasteiger partial charge on any atom is -0.457 e. The number of nitrogens with one attached hydrogen (secondary N) is 1. The summed E-state index contributed by atoms with van der Waals surface area (Å²) < 4.78 is 9.06. The number of rotatable bonds is 8. The van der Waals surface area contributed by atoms with Crippen LogP contribution >= 0.6 is 0 Å². The van der Waals surface area contributed by atoms with Gasteiger partial charge in [-0.05, 0) is 128 Å². The molecule has 1 N–H and O–H groups in total. The average Bonchev–Trinajstić information content (AvgIpc) is 3.55. The van der Waals surface area contributed by atoms with Crippen molar-refractivity contribution >= 4 is 44.6 Å². The van der Waals surface area contributed by atoms with Crippen molar-refractivity contribution in [1.29, 1.82) is 0 Å². The smallest absolute Gasteiger partial charge is 0.137 e. The van der Waals surface area contributed by atoms with Crippen molar-refractivity contribution in [2.24, 2.45) is 0 Å². The number of fused-ring (bicyclic) bond motifs is 3. The number of pyridine rings is 1. The van der Waals surface area contributed by atoms with Gasteiger partial charge in [0.05, 0.1) is 22.4 Å². The average molecular weight is 833 g/mol. The van der Waals surface area contributed by atoms with Crippen molar-refractivity contribution in [1.82, 2.24) is 9.55 Å². The molecule has 2 heterocycles. The van der Waals surface area contributed by atoms with Crippen molar-refractivity contribution in [3.8, 4) is 28.4 Å². The van der Waals surface area contributed by atoms with Gasteiger partial charge in [-0.25, -0.2) is 4.98 Å². The highest BCUT2D eigenvalue weighted by Gasteiger charge is 2.23. The molecule has 0 aliphatic rings. The number of hydrogen-bond donors (Lipinski definition) is 1. The fourth-order valence-corrected chi connectivity index (χ4v) is 8.30. The van der Waals surface area contributed by atoms with Crippen LogP contribution in [0.3, 0.4) is 0 Å². The third kappa shape index (κ3) is 9.11. The Bertz CT molecular complexity index is 2950. The van der Waals surface area contributed by atoms with E-state index in [-0.39, 0.29) is 21.7 Å². The molecule has 0 saturated heterocycles. The molecule has 322 valence electrons. The van der Waals surface area contributed by atoms with Crippen LogP contribution in [0.5, 0.6) is 11.5 Å². The van der Waals surface area contributed by atoms with E-state index in [9.17, 15) is 0 Å². The summed E-state index contributed by atoms with van der Waals surface area (Å²) in [6.45, 7) is 27.2. The first kappa shape index (κ1) is 43.3. The molecule has 0 aliphatic carbocycles. The van der Waals surface area contributed by atoms with Crippen LogP contribution in [0.2, 0.25) is 0 Å². The van der Waals surface area contributed by atoms with Crippen molar-refractivity contribution in [3.05, 3.63) is 168 Å². The van der Waals surface area contributed by atoms with Gasteiger partial charge < -0.3 is 15.0 Å². The van der Waals surface area contributed by atoms with Crippen molar-refractivity contribution < 1.29 is 4.74 Å². The van der Waals surface area contributed by atoms with E-state index < -0.39 is 0 Å². The Morgan fingerprint density at radius 3 is 1.84 bits per heavy atom. The molecule has 8 rings (SSSR count). The van der Waals surface area contributed by atoms with Crippen LogP contribution in [-0.4, -0.2) is 16.6 Å². The maximum atomic E-state index is 6.77. The molecule has 0 saturated carbocycles. The summed E-state index contributed by atoms with van der Waals surface area (Å²) in [5.41, 5.74) is 13.8. The number of benzene rings is 6. The summed E-state index contributed by atoms with van der Waals surface area (Å²) in [4.78, 5) is 7.18. The van der Waals surface area contributed by atoms with Crippen LogP contribution in [0.15, 0.2) is 146 Å². The Labute approximate surface area is 375 Å². The Kier molecular flexibility index (Phi) is 11.1. The number of anilines is 4. The third-order valence-electron chi connectivity index (χ3n) is 12.3. The highest BCUT2D eigenvalue weighted by atomic mass is 16.5. The molecule has 0 aliphatic heterocycles. The molecule has 0 spiro atoms. The van der Waals surface area contributed by atoms with E-state index in [4.69, 9.17) is 9.72 Å². The predicted molar refractivity (Wildman–Crippen MR) is 270 cm³/mol. The topological polar surface area (TPSA) is 42.3 Å². The first-order valence-electron chi connectivity index (χ1n) is 22.3. The van der Waals surface area contributed by atoms with Gasteiger partial charge in [-0.3, -0.25) is 4.57 Å². The van der Waals surface area contributed by atoms with Gasteiger partial charge in [-0.1, -0.05) is 138 Å². The first-order chi connectivity index (χ1) is 29.6. The second-order valence-electron chi connectivity index (χ2n) is 21.3. The SMILES string of the molecule is CN(c1cccc(Oc2ccc3c4cc(C(C)(C)C)ccc4n(-c4cc(C(C)(C)C)ccn4)c3c2)c1)c1ccc(C(C)(C)C)cc1Nc1cc(-c2ccccc2)cc(C(C)(C)C)c1. The molecule has 0 atom stereocenters. The van der Waals surface area contributed by atoms with E-state index in [0.717, 1.165) is 51.1 Å². The van der Waals surface area contributed by atoms with Crippen LogP contribution in [0.1, 0.15) is 105 Å². The summed E-state index contributed by atoms with van der Waals surface area (Å²) in [6.07, 6.45) is 1.93. The summed E-state index contributed by atoms with van der Waals surface area (Å²) in [7, 11) is 2.13. The van der Waals surface area contributed by atoms with Gasteiger partial charge in [0.15, 0.2) is 0 Å². The Morgan fingerprint density at radius 1 is 0.492 bits per heavy atom. The van der Waals surface area contributed by atoms with E-state index in [1.54, 1.807) is 0 Å². The predicted octanol–water partition coefficient (Wildman–Crippen LogP) is 16.3. The molecule has 2 aromatic heterocycles. The van der Waals surface area contributed by atoms with E-state index in [0.29, 0.717) is 0 Å². The van der Waals surface area contributed by atoms with Gasteiger partial charge in [0, 0.05) is 47.5 Å². The van der Waals surface area contributed by atoms with Crippen molar-refractivity contribution in [2.45, 2.75) is 105 Å². The lowest BCUT2D eigenvalue weighted by Crippen LogP contribution is -2.15. The van der Waals surface area contributed by atoms with Crippen LogP contribution in [0.25, 0.3) is 38.8 Å². The lowest BCUT2D eigenvalue weighted by atomic mass is 9.84. The van der Waals surface area contributed by atoms with Gasteiger partial charge in [0.1, 0.15) is 17.3 Å². The summed E-state index contributed by atoms with van der Waals surface area (Å²) in [6, 6.07) is 50.4. The quantitative estimate of drug-likeness (QED) is 0.166. The normalized spacial score (nSPS) is 12.5. The van der Waals surface area contributed by atoms with Crippen LogP contribution in [0.4, 0.5) is 22.7 Å². The zero-order valence-corrected chi connectivity index (χ0v) is 39.6. The van der Waals surface area contributed by atoms with Crippen LogP contribution in [-0.2, 0) is 21.7 Å². The molecule has 0 amide bonds. The van der Waals surface area contributed by atoms with E-state index >= 15 is 0 Å². The standard InChI is InChI=1S/C58H64N4O/c1-55(2,3)40-22-26-51-49(33-40)48-25-24-47(37-53(48)62(51)54-35-42(28-29-59-54)57(7,8)9)63-46-21-17-20-45(36-46)61(13)52-27-23-41(56(4,5)6)34-50(52)60-44-31-39(38-18-15-14-16-19-38)30-43(32-44)58(10,11)12/h14-37,60H,1-13H3. The molecule has 0 radical (unpaired) electrons. The molecule has 0 unspecified atom stereocenters. The molecule has 6 aromatic carbocycles. The fraction of sp³-hybridized carbons (Fsp3) is 0.293. The number of nitrogens with zero attached hydrogens (tertiary/aromatic N) is 3. The Hall–Kier alpha value is -6.33. The van der Waals surface area contributed by atoms with E-state index in [1.165, 1.54) is 44.2 Å². The molecule has 0 fully saturated rings. The molecule has 5 heteroatoms. The van der Waals surface area contributed by atoms with E-state index in [2.05, 4.69) is 238 Å². The van der Waals surface area contributed by atoms with E-state index in [1.807, 2.05) is 12.3 Å². The highest BCUT2D eigenvalue weighted by Crippen LogP contribution is 2.42. The minimum atomic E-state index is -0.0309.